The van der Waals surface area contributed by atoms with Crippen molar-refractivity contribution in [3.05, 3.63) is 58.1 Å². The van der Waals surface area contributed by atoms with E-state index in [-0.39, 0.29) is 18.9 Å². The Bertz CT molecular complexity index is 864. The van der Waals surface area contributed by atoms with Crippen LogP contribution < -0.4 is 15.5 Å². The van der Waals surface area contributed by atoms with E-state index < -0.39 is 5.91 Å². The van der Waals surface area contributed by atoms with Crippen molar-refractivity contribution in [2.24, 2.45) is 5.10 Å². The van der Waals surface area contributed by atoms with E-state index in [9.17, 15) is 9.59 Å². The second-order valence-electron chi connectivity index (χ2n) is 6.36. The summed E-state index contributed by atoms with van der Waals surface area (Å²) in [4.78, 5) is 23.9. The van der Waals surface area contributed by atoms with Crippen LogP contribution >= 0.6 is 15.9 Å². The molecule has 0 aliphatic heterocycles. The van der Waals surface area contributed by atoms with Crippen LogP contribution in [0, 0.1) is 6.92 Å². The van der Waals surface area contributed by atoms with Gasteiger partial charge in [0.05, 0.1) is 6.42 Å². The number of ether oxygens (including phenoxy) is 1. The van der Waals surface area contributed by atoms with Crippen molar-refractivity contribution in [2.45, 2.75) is 33.6 Å². The summed E-state index contributed by atoms with van der Waals surface area (Å²) >= 11 is 3.38. The maximum Gasteiger partial charge on any atom is 0.277 e. The van der Waals surface area contributed by atoms with Crippen LogP contribution in [0.4, 0.5) is 5.69 Å². The van der Waals surface area contributed by atoms with E-state index in [2.05, 4.69) is 38.7 Å². The van der Waals surface area contributed by atoms with E-state index >= 15 is 0 Å². The molecule has 7 heteroatoms. The number of rotatable bonds is 8. The van der Waals surface area contributed by atoms with E-state index in [1.54, 1.807) is 13.0 Å². The predicted octanol–water partition coefficient (Wildman–Crippen LogP) is 4.22. The summed E-state index contributed by atoms with van der Waals surface area (Å²) < 4.78 is 6.43. The van der Waals surface area contributed by atoms with Crippen molar-refractivity contribution < 1.29 is 14.3 Å². The summed E-state index contributed by atoms with van der Waals surface area (Å²) in [5.41, 5.74) is 5.76. The molecule has 0 bridgehead atoms. The van der Waals surface area contributed by atoms with E-state index in [1.165, 1.54) is 5.56 Å². The van der Waals surface area contributed by atoms with Crippen molar-refractivity contribution in [2.75, 3.05) is 11.9 Å². The van der Waals surface area contributed by atoms with E-state index in [0.29, 0.717) is 11.5 Å². The molecule has 0 fully saturated rings. The minimum Gasteiger partial charge on any atom is -0.483 e. The first kappa shape index (κ1) is 21.6. The molecule has 2 aromatic carbocycles. The number of hydrogen-bond acceptors (Lipinski definition) is 4. The molecule has 0 atom stereocenters. The van der Waals surface area contributed by atoms with Crippen LogP contribution in [0.2, 0.25) is 0 Å². The number of amides is 2. The largest absolute Gasteiger partial charge is 0.483 e. The number of carbonyl (C=O) groups is 2. The minimum absolute atomic E-state index is 0.0858. The number of aryl methyl sites for hydroxylation is 2. The minimum atomic E-state index is -0.391. The third-order valence-corrected chi connectivity index (χ3v) is 4.42. The average Bonchev–Trinajstić information content (AvgIpc) is 2.66. The van der Waals surface area contributed by atoms with Crippen molar-refractivity contribution in [1.29, 1.82) is 0 Å². The van der Waals surface area contributed by atoms with Gasteiger partial charge >= 0.3 is 0 Å². The Labute approximate surface area is 173 Å². The molecule has 0 saturated heterocycles. The van der Waals surface area contributed by atoms with E-state index in [0.717, 1.165) is 22.1 Å². The molecule has 0 spiro atoms. The lowest BCUT2D eigenvalue weighted by Gasteiger charge is -2.09. The molecule has 0 aromatic heterocycles. The van der Waals surface area contributed by atoms with Gasteiger partial charge in [0.1, 0.15) is 5.75 Å². The monoisotopic (exact) mass is 445 g/mol. The third kappa shape index (κ3) is 7.15. The molecule has 0 aliphatic rings. The molecule has 0 aliphatic carbocycles. The fourth-order valence-corrected chi connectivity index (χ4v) is 2.88. The highest BCUT2D eigenvalue weighted by Crippen LogP contribution is 2.21. The van der Waals surface area contributed by atoms with Crippen LogP contribution in [0.25, 0.3) is 0 Å². The van der Waals surface area contributed by atoms with Gasteiger partial charge in [-0.05, 0) is 61.7 Å². The predicted molar refractivity (Wildman–Crippen MR) is 115 cm³/mol. The molecule has 148 valence electrons. The molecule has 28 heavy (non-hydrogen) atoms. The first-order valence-electron chi connectivity index (χ1n) is 8.97. The Morgan fingerprint density at radius 2 is 1.82 bits per heavy atom. The van der Waals surface area contributed by atoms with Gasteiger partial charge in [-0.1, -0.05) is 35.0 Å². The molecule has 2 amide bonds. The normalized spacial score (nSPS) is 11.1. The van der Waals surface area contributed by atoms with Crippen molar-refractivity contribution in [1.82, 2.24) is 5.43 Å². The molecule has 2 N–H and O–H groups in total. The number of benzene rings is 2. The standard InChI is InChI=1S/C21H24BrN3O3/c1-4-16-5-8-18(9-6-16)23-20(26)12-15(3)24-25-21(27)13-28-19-10-7-17(22)11-14(19)2/h5-11H,4,12-13H2,1-3H3,(H,23,26)(H,25,27)/b24-15+. The Kier molecular flexibility index (Phi) is 8.19. The number of nitrogens with one attached hydrogen (secondary N) is 2. The lowest BCUT2D eigenvalue weighted by molar-refractivity contribution is -0.123. The molecule has 6 nitrogen and oxygen atoms in total. The zero-order valence-electron chi connectivity index (χ0n) is 16.2. The van der Waals surface area contributed by atoms with Crippen molar-refractivity contribution in [3.63, 3.8) is 0 Å². The highest BCUT2D eigenvalue weighted by molar-refractivity contribution is 9.10. The van der Waals surface area contributed by atoms with Gasteiger partial charge in [-0.15, -0.1) is 0 Å². The zero-order chi connectivity index (χ0) is 20.5. The number of nitrogens with zero attached hydrogens (tertiary/aromatic N) is 1. The van der Waals surface area contributed by atoms with Gasteiger partial charge in [0.15, 0.2) is 6.61 Å². The van der Waals surface area contributed by atoms with Crippen LogP contribution in [-0.4, -0.2) is 24.1 Å². The molecule has 0 unspecified atom stereocenters. The molecule has 0 saturated carbocycles. The number of anilines is 1. The number of hydrogen-bond donors (Lipinski definition) is 2. The fraction of sp³-hybridized carbons (Fsp3) is 0.286. The average molecular weight is 446 g/mol. The first-order valence-corrected chi connectivity index (χ1v) is 9.76. The number of hydrazone groups is 1. The summed E-state index contributed by atoms with van der Waals surface area (Å²) in [6.45, 7) is 5.50. The SMILES string of the molecule is CCc1ccc(NC(=O)C/C(C)=N/NC(=O)COc2ccc(Br)cc2C)cc1. The molecule has 0 heterocycles. The maximum atomic E-state index is 12.1. The number of carbonyl (C=O) groups excluding carboxylic acids is 2. The zero-order valence-corrected chi connectivity index (χ0v) is 17.8. The van der Waals surface area contributed by atoms with Gasteiger partial charge in [-0.2, -0.15) is 5.10 Å². The molecule has 2 aromatic rings. The Hall–Kier alpha value is -2.67. The van der Waals surface area contributed by atoms with Crippen molar-refractivity contribution in [3.8, 4) is 5.75 Å². The van der Waals surface area contributed by atoms with Crippen LogP contribution in [0.1, 0.15) is 31.4 Å². The molecular weight excluding hydrogens is 422 g/mol. The molecule has 2 rings (SSSR count). The van der Waals surface area contributed by atoms with Gasteiger partial charge < -0.3 is 10.1 Å². The third-order valence-electron chi connectivity index (χ3n) is 3.93. The van der Waals surface area contributed by atoms with Crippen LogP contribution in [0.15, 0.2) is 52.0 Å². The topological polar surface area (TPSA) is 79.8 Å². The highest BCUT2D eigenvalue weighted by Gasteiger charge is 2.07. The summed E-state index contributed by atoms with van der Waals surface area (Å²) in [6.07, 6.45) is 1.03. The number of halogens is 1. The summed E-state index contributed by atoms with van der Waals surface area (Å²) in [5, 5.41) is 6.76. The van der Waals surface area contributed by atoms with Crippen LogP contribution in [-0.2, 0) is 16.0 Å². The van der Waals surface area contributed by atoms with Gasteiger partial charge in [0.2, 0.25) is 5.91 Å². The maximum absolute atomic E-state index is 12.1. The summed E-state index contributed by atoms with van der Waals surface area (Å²) in [5.74, 6) is 0.0474. The first-order chi connectivity index (χ1) is 13.4. The Morgan fingerprint density at radius 3 is 2.46 bits per heavy atom. The fourth-order valence-electron chi connectivity index (χ4n) is 2.41. The van der Waals surface area contributed by atoms with Gasteiger partial charge in [-0.3, -0.25) is 9.59 Å². The summed E-state index contributed by atoms with van der Waals surface area (Å²) in [7, 11) is 0. The second-order valence-corrected chi connectivity index (χ2v) is 7.27. The van der Waals surface area contributed by atoms with Crippen LogP contribution in [0.5, 0.6) is 5.75 Å². The summed E-state index contributed by atoms with van der Waals surface area (Å²) in [6, 6.07) is 13.2. The van der Waals surface area contributed by atoms with Gasteiger partial charge in [-0.25, -0.2) is 5.43 Å². The van der Waals surface area contributed by atoms with Gasteiger partial charge in [0.25, 0.3) is 5.91 Å². The quantitative estimate of drug-likeness (QED) is 0.471. The highest BCUT2D eigenvalue weighted by atomic mass is 79.9. The van der Waals surface area contributed by atoms with Gasteiger partial charge in [0, 0.05) is 15.9 Å². The molecular formula is C21H24BrN3O3. The Balaban J connectivity index is 1.77. The Morgan fingerprint density at radius 1 is 1.11 bits per heavy atom. The molecule has 0 radical (unpaired) electrons. The smallest absolute Gasteiger partial charge is 0.277 e. The lowest BCUT2D eigenvalue weighted by atomic mass is 10.1. The lowest BCUT2D eigenvalue weighted by Crippen LogP contribution is -2.26. The van der Waals surface area contributed by atoms with Crippen LogP contribution in [0.3, 0.4) is 0 Å². The van der Waals surface area contributed by atoms with E-state index in [4.69, 9.17) is 4.74 Å². The van der Waals surface area contributed by atoms with E-state index in [1.807, 2.05) is 43.3 Å². The second kappa shape index (κ2) is 10.6. The van der Waals surface area contributed by atoms with Crippen molar-refractivity contribution >= 4 is 39.1 Å².